The third kappa shape index (κ3) is 5.05. The average molecular weight is 413 g/mol. The lowest BCUT2D eigenvalue weighted by atomic mass is 10.2. The van der Waals surface area contributed by atoms with Crippen molar-refractivity contribution in [1.82, 2.24) is 10.3 Å². The molecule has 0 spiro atoms. The van der Waals surface area contributed by atoms with Crippen LogP contribution in [-0.4, -0.2) is 20.4 Å². The molecular weight excluding hydrogens is 396 g/mol. The van der Waals surface area contributed by atoms with E-state index in [1.165, 1.54) is 19.1 Å². The number of halogens is 1. The molecule has 0 unspecified atom stereocenters. The van der Waals surface area contributed by atoms with Gasteiger partial charge in [-0.25, -0.2) is 8.42 Å². The molecule has 0 aliphatic heterocycles. The van der Waals surface area contributed by atoms with E-state index in [1.54, 1.807) is 30.3 Å². The van der Waals surface area contributed by atoms with Crippen LogP contribution in [0.25, 0.3) is 0 Å². The number of ether oxygens (including phenoxy) is 1. The van der Waals surface area contributed by atoms with Crippen LogP contribution in [0.4, 0.5) is 0 Å². The molecule has 24 heavy (non-hydrogen) atoms. The van der Waals surface area contributed by atoms with E-state index in [-0.39, 0.29) is 4.90 Å². The Hall–Kier alpha value is -1.90. The molecule has 2 rings (SSSR count). The predicted octanol–water partition coefficient (Wildman–Crippen LogP) is 2.53. The predicted molar refractivity (Wildman–Crippen MR) is 93.9 cm³/mol. The Balaban J connectivity index is 1.95. The first kappa shape index (κ1) is 18.4. The van der Waals surface area contributed by atoms with Gasteiger partial charge in [-0.2, -0.15) is 0 Å². The van der Waals surface area contributed by atoms with Crippen molar-refractivity contribution in [2.75, 3.05) is 0 Å². The summed E-state index contributed by atoms with van der Waals surface area (Å²) in [5.41, 5.74) is 3.10. The van der Waals surface area contributed by atoms with Gasteiger partial charge in [0, 0.05) is 4.47 Å². The van der Waals surface area contributed by atoms with E-state index in [1.807, 2.05) is 13.0 Å². The lowest BCUT2D eigenvalue weighted by Crippen LogP contribution is -2.47. The van der Waals surface area contributed by atoms with E-state index < -0.39 is 22.0 Å². The third-order valence-corrected chi connectivity index (χ3v) is 4.87. The number of aryl methyl sites for hydroxylation is 1. The summed E-state index contributed by atoms with van der Waals surface area (Å²) in [5, 5.41) is 0. The highest BCUT2D eigenvalue weighted by molar-refractivity contribution is 9.10. The maximum Gasteiger partial charge on any atom is 0.275 e. The molecule has 0 aliphatic carbocycles. The van der Waals surface area contributed by atoms with Gasteiger partial charge < -0.3 is 4.74 Å². The molecule has 1 atom stereocenters. The van der Waals surface area contributed by atoms with Gasteiger partial charge in [-0.1, -0.05) is 39.7 Å². The van der Waals surface area contributed by atoms with Gasteiger partial charge in [-0.05, 0) is 44.2 Å². The highest BCUT2D eigenvalue weighted by Crippen LogP contribution is 2.18. The van der Waals surface area contributed by atoms with Crippen molar-refractivity contribution in [1.29, 1.82) is 0 Å². The molecule has 6 nitrogen and oxygen atoms in total. The molecule has 0 saturated carbocycles. The first-order chi connectivity index (χ1) is 11.3. The van der Waals surface area contributed by atoms with E-state index in [9.17, 15) is 13.2 Å². The molecule has 0 radical (unpaired) electrons. The Morgan fingerprint density at radius 3 is 2.46 bits per heavy atom. The topological polar surface area (TPSA) is 84.5 Å². The second-order valence-electron chi connectivity index (χ2n) is 5.13. The molecule has 0 bridgehead atoms. The Labute approximate surface area is 149 Å². The van der Waals surface area contributed by atoms with Crippen LogP contribution in [0.1, 0.15) is 12.5 Å². The molecule has 1 amide bonds. The summed E-state index contributed by atoms with van der Waals surface area (Å²) in [4.78, 5) is 14.1. The minimum Gasteiger partial charge on any atom is -0.481 e. The zero-order chi connectivity index (χ0) is 17.7. The van der Waals surface area contributed by atoms with Crippen molar-refractivity contribution in [2.24, 2.45) is 0 Å². The highest BCUT2D eigenvalue weighted by Gasteiger charge is 2.19. The summed E-state index contributed by atoms with van der Waals surface area (Å²) in [6.45, 7) is 3.38. The van der Waals surface area contributed by atoms with Crippen LogP contribution in [0.5, 0.6) is 5.75 Å². The second-order valence-corrected chi connectivity index (χ2v) is 7.72. The molecule has 0 saturated heterocycles. The lowest BCUT2D eigenvalue weighted by molar-refractivity contribution is -0.127. The SMILES string of the molecule is Cc1ccc(S(=O)(=O)NNC(=O)[C@@H](C)Oc2cccc(Br)c2)cc1. The molecule has 2 aromatic rings. The smallest absolute Gasteiger partial charge is 0.275 e. The number of sulfonamides is 1. The number of carbonyl (C=O) groups is 1. The maximum absolute atomic E-state index is 12.1. The fourth-order valence-corrected chi connectivity index (χ4v) is 3.02. The number of rotatable bonds is 6. The molecule has 2 aromatic carbocycles. The monoisotopic (exact) mass is 412 g/mol. The van der Waals surface area contributed by atoms with E-state index in [4.69, 9.17) is 4.74 Å². The van der Waals surface area contributed by atoms with Crippen LogP contribution >= 0.6 is 15.9 Å². The Morgan fingerprint density at radius 1 is 1.17 bits per heavy atom. The zero-order valence-corrected chi connectivity index (χ0v) is 15.5. The minimum atomic E-state index is -3.83. The first-order valence-electron chi connectivity index (χ1n) is 7.08. The summed E-state index contributed by atoms with van der Waals surface area (Å²) in [6, 6.07) is 13.3. The van der Waals surface area contributed by atoms with Gasteiger partial charge in [-0.15, -0.1) is 4.83 Å². The molecule has 0 aliphatic rings. The van der Waals surface area contributed by atoms with Crippen molar-refractivity contribution in [3.63, 3.8) is 0 Å². The standard InChI is InChI=1S/C16H17BrN2O4S/c1-11-6-8-15(9-7-11)24(21,22)19-18-16(20)12(2)23-14-5-3-4-13(17)10-14/h3-10,12,19H,1-2H3,(H,18,20)/t12-/m1/s1. The number of benzene rings is 2. The fourth-order valence-electron chi connectivity index (χ4n) is 1.79. The number of hydrogen-bond donors (Lipinski definition) is 2. The van der Waals surface area contributed by atoms with Crippen LogP contribution < -0.4 is 15.0 Å². The van der Waals surface area contributed by atoms with E-state index >= 15 is 0 Å². The van der Waals surface area contributed by atoms with Gasteiger partial charge >= 0.3 is 0 Å². The number of nitrogens with one attached hydrogen (secondary N) is 2. The zero-order valence-electron chi connectivity index (χ0n) is 13.1. The van der Waals surface area contributed by atoms with E-state index in [0.717, 1.165) is 10.0 Å². The molecule has 0 heterocycles. The van der Waals surface area contributed by atoms with Gasteiger partial charge in [0.15, 0.2) is 6.10 Å². The van der Waals surface area contributed by atoms with Gasteiger partial charge in [0.2, 0.25) is 0 Å². The van der Waals surface area contributed by atoms with Crippen molar-refractivity contribution < 1.29 is 17.9 Å². The summed E-state index contributed by atoms with van der Waals surface area (Å²) >= 11 is 3.30. The van der Waals surface area contributed by atoms with Crippen LogP contribution in [-0.2, 0) is 14.8 Å². The molecule has 2 N–H and O–H groups in total. The number of carbonyl (C=O) groups excluding carboxylic acids is 1. The van der Waals surface area contributed by atoms with Gasteiger partial charge in [0.05, 0.1) is 4.90 Å². The summed E-state index contributed by atoms with van der Waals surface area (Å²) in [6.07, 6.45) is -0.875. The van der Waals surface area contributed by atoms with Gasteiger partial charge in [0.25, 0.3) is 15.9 Å². The van der Waals surface area contributed by atoms with Crippen molar-refractivity contribution in [3.8, 4) is 5.75 Å². The average Bonchev–Trinajstić information content (AvgIpc) is 2.53. The molecule has 0 fully saturated rings. The Kier molecular flexibility index (Phi) is 5.98. The summed E-state index contributed by atoms with van der Waals surface area (Å²) < 4.78 is 30.5. The number of hydrazine groups is 1. The van der Waals surface area contributed by atoms with Crippen LogP contribution in [0, 0.1) is 6.92 Å². The van der Waals surface area contributed by atoms with Gasteiger partial charge in [-0.3, -0.25) is 10.2 Å². The Morgan fingerprint density at radius 2 is 1.83 bits per heavy atom. The van der Waals surface area contributed by atoms with E-state index in [2.05, 4.69) is 26.2 Å². The fraction of sp³-hybridized carbons (Fsp3) is 0.188. The van der Waals surface area contributed by atoms with Crippen LogP contribution in [0.3, 0.4) is 0 Å². The van der Waals surface area contributed by atoms with Gasteiger partial charge in [0.1, 0.15) is 5.75 Å². The third-order valence-electron chi connectivity index (χ3n) is 3.12. The summed E-state index contributed by atoms with van der Waals surface area (Å²) in [7, 11) is -3.83. The molecule has 8 heteroatoms. The first-order valence-corrected chi connectivity index (χ1v) is 9.36. The van der Waals surface area contributed by atoms with E-state index in [0.29, 0.717) is 5.75 Å². The minimum absolute atomic E-state index is 0.0639. The quantitative estimate of drug-likeness (QED) is 0.713. The Bertz CT molecular complexity index is 822. The van der Waals surface area contributed by atoms with Crippen molar-refractivity contribution in [3.05, 3.63) is 58.6 Å². The van der Waals surface area contributed by atoms with Crippen molar-refractivity contribution >= 4 is 31.9 Å². The van der Waals surface area contributed by atoms with Crippen molar-refractivity contribution in [2.45, 2.75) is 24.8 Å². The highest BCUT2D eigenvalue weighted by atomic mass is 79.9. The largest absolute Gasteiger partial charge is 0.481 e. The summed E-state index contributed by atoms with van der Waals surface area (Å²) in [5.74, 6) is -0.112. The normalized spacial score (nSPS) is 12.5. The second kappa shape index (κ2) is 7.78. The molecule has 128 valence electrons. The molecule has 0 aromatic heterocycles. The maximum atomic E-state index is 12.1. The number of hydrogen-bond acceptors (Lipinski definition) is 4. The molecular formula is C16H17BrN2O4S. The number of amides is 1. The van der Waals surface area contributed by atoms with Crippen LogP contribution in [0.15, 0.2) is 57.9 Å². The van der Waals surface area contributed by atoms with Crippen LogP contribution in [0.2, 0.25) is 0 Å². The lowest BCUT2D eigenvalue weighted by Gasteiger charge is -2.15.